The maximum absolute atomic E-state index is 12.7. The van der Waals surface area contributed by atoms with Gasteiger partial charge in [-0.3, -0.25) is 4.79 Å². The number of thiazole rings is 1. The first-order valence-corrected chi connectivity index (χ1v) is 9.71. The third kappa shape index (κ3) is 4.73. The average molecular weight is 436 g/mol. The molecule has 3 rings (SSSR count). The van der Waals surface area contributed by atoms with Gasteiger partial charge in [0.25, 0.3) is 0 Å². The molecular weight excluding hydrogens is 417 g/mol. The van der Waals surface area contributed by atoms with Crippen molar-refractivity contribution in [3.63, 3.8) is 0 Å². The van der Waals surface area contributed by atoms with Crippen molar-refractivity contribution in [1.29, 1.82) is 0 Å². The summed E-state index contributed by atoms with van der Waals surface area (Å²) >= 11 is 1.28. The zero-order chi connectivity index (χ0) is 21.9. The Hall–Kier alpha value is -3.07. The number of carbonyl (C=O) groups excluding carboxylic acids is 1. The quantitative estimate of drug-likeness (QED) is 0.543. The molecule has 0 atom stereocenters. The van der Waals surface area contributed by atoms with Crippen molar-refractivity contribution in [1.82, 2.24) is 4.98 Å². The van der Waals surface area contributed by atoms with E-state index in [1.54, 1.807) is 30.6 Å². The second kappa shape index (κ2) is 8.74. The summed E-state index contributed by atoms with van der Waals surface area (Å²) in [7, 11) is 4.69. The third-order valence-corrected chi connectivity index (χ3v) is 5.41. The summed E-state index contributed by atoms with van der Waals surface area (Å²) in [6.45, 7) is 0. The van der Waals surface area contributed by atoms with E-state index in [0.717, 1.165) is 12.1 Å². The Labute approximate surface area is 175 Å². The Morgan fingerprint density at radius 3 is 2.33 bits per heavy atom. The number of rotatable bonds is 6. The molecule has 9 heteroatoms. The van der Waals surface area contributed by atoms with Crippen LogP contribution in [0.4, 0.5) is 18.9 Å². The molecule has 1 heterocycles. The number of halogens is 3. The summed E-state index contributed by atoms with van der Waals surface area (Å²) < 4.78 is 48.6. The van der Waals surface area contributed by atoms with Gasteiger partial charge < -0.3 is 14.4 Å². The topological polar surface area (TPSA) is 51.7 Å². The van der Waals surface area contributed by atoms with Crippen LogP contribution in [-0.2, 0) is 17.4 Å². The minimum Gasteiger partial charge on any atom is -0.493 e. The molecule has 0 spiro atoms. The van der Waals surface area contributed by atoms with Crippen LogP contribution in [-0.4, -0.2) is 32.2 Å². The smallest absolute Gasteiger partial charge is 0.416 e. The van der Waals surface area contributed by atoms with E-state index < -0.39 is 11.7 Å². The van der Waals surface area contributed by atoms with Crippen LogP contribution in [0.2, 0.25) is 0 Å². The Kier molecular flexibility index (Phi) is 6.31. The summed E-state index contributed by atoms with van der Waals surface area (Å²) in [4.78, 5) is 18.5. The van der Waals surface area contributed by atoms with Crippen LogP contribution >= 0.6 is 11.3 Å². The number of methoxy groups -OCH3 is 2. The highest BCUT2D eigenvalue weighted by Gasteiger charge is 2.30. The van der Waals surface area contributed by atoms with Crippen LogP contribution in [0.5, 0.6) is 11.5 Å². The van der Waals surface area contributed by atoms with Crippen LogP contribution in [0.1, 0.15) is 11.3 Å². The molecule has 0 bridgehead atoms. The molecule has 0 fully saturated rings. The van der Waals surface area contributed by atoms with E-state index in [-0.39, 0.29) is 12.3 Å². The molecule has 0 saturated heterocycles. The molecule has 5 nitrogen and oxygen atoms in total. The van der Waals surface area contributed by atoms with E-state index in [2.05, 4.69) is 4.98 Å². The first kappa shape index (κ1) is 21.6. The highest BCUT2D eigenvalue weighted by atomic mass is 32.1. The summed E-state index contributed by atoms with van der Waals surface area (Å²) in [5, 5.41) is 2.29. The fraction of sp³-hybridized carbons (Fsp3) is 0.238. The highest BCUT2D eigenvalue weighted by Crippen LogP contribution is 2.33. The molecule has 30 heavy (non-hydrogen) atoms. The minimum absolute atomic E-state index is 0.0575. The van der Waals surface area contributed by atoms with Gasteiger partial charge >= 0.3 is 6.18 Å². The first-order valence-electron chi connectivity index (χ1n) is 8.83. The second-order valence-corrected chi connectivity index (χ2v) is 7.25. The van der Waals surface area contributed by atoms with E-state index in [4.69, 9.17) is 9.47 Å². The maximum Gasteiger partial charge on any atom is 0.416 e. The molecule has 0 aliphatic heterocycles. The van der Waals surface area contributed by atoms with E-state index in [0.29, 0.717) is 33.5 Å². The Morgan fingerprint density at radius 1 is 1.07 bits per heavy atom. The number of anilines is 1. The van der Waals surface area contributed by atoms with Crippen molar-refractivity contribution in [2.45, 2.75) is 12.6 Å². The van der Waals surface area contributed by atoms with Crippen molar-refractivity contribution < 1.29 is 27.4 Å². The highest BCUT2D eigenvalue weighted by molar-refractivity contribution is 7.13. The second-order valence-electron chi connectivity index (χ2n) is 6.39. The molecule has 0 saturated carbocycles. The van der Waals surface area contributed by atoms with E-state index in [1.807, 2.05) is 0 Å². The van der Waals surface area contributed by atoms with Crippen LogP contribution in [0, 0.1) is 0 Å². The number of hydrogen-bond acceptors (Lipinski definition) is 5. The van der Waals surface area contributed by atoms with Crippen LogP contribution < -0.4 is 14.4 Å². The molecule has 3 aromatic rings. The van der Waals surface area contributed by atoms with Gasteiger partial charge in [-0.05, 0) is 24.3 Å². The van der Waals surface area contributed by atoms with Gasteiger partial charge in [0, 0.05) is 29.7 Å². The zero-order valence-electron chi connectivity index (χ0n) is 16.5. The summed E-state index contributed by atoms with van der Waals surface area (Å²) in [6.07, 6.45) is -4.32. The molecule has 2 aromatic carbocycles. The molecule has 0 N–H and O–H groups in total. The number of amides is 1. The lowest BCUT2D eigenvalue weighted by molar-refractivity contribution is -0.137. The average Bonchev–Trinajstić information content (AvgIpc) is 3.20. The number of likely N-dealkylation sites (N-methyl/N-ethyl adjacent to an activating group) is 1. The summed E-state index contributed by atoms with van der Waals surface area (Å²) in [5.41, 5.74) is 1.04. The summed E-state index contributed by atoms with van der Waals surface area (Å²) in [6, 6.07) is 9.95. The fourth-order valence-corrected chi connectivity index (χ4v) is 3.60. The normalized spacial score (nSPS) is 11.3. The molecule has 1 amide bonds. The van der Waals surface area contributed by atoms with Gasteiger partial charge in [0.2, 0.25) is 5.91 Å². The lowest BCUT2D eigenvalue weighted by Gasteiger charge is -2.18. The Morgan fingerprint density at radius 2 is 1.73 bits per heavy atom. The number of nitrogens with zero attached hydrogens (tertiary/aromatic N) is 2. The van der Waals surface area contributed by atoms with Crippen molar-refractivity contribution >= 4 is 22.9 Å². The molecule has 158 valence electrons. The number of hydrogen-bond donors (Lipinski definition) is 0. The molecule has 0 radical (unpaired) electrons. The number of alkyl halides is 3. The largest absolute Gasteiger partial charge is 0.493 e. The van der Waals surface area contributed by atoms with E-state index >= 15 is 0 Å². The van der Waals surface area contributed by atoms with Crippen molar-refractivity contribution in [3.8, 4) is 22.1 Å². The van der Waals surface area contributed by atoms with Crippen molar-refractivity contribution in [2.24, 2.45) is 0 Å². The standard InChI is InChI=1S/C21H19F3N2O3S/c1-26(16-8-9-17(28-2)18(11-16)29-3)19(27)10-15-12-30-20(25-15)13-4-6-14(7-5-13)21(22,23)24/h4-9,11-12H,10H2,1-3H3. The molecule has 0 aliphatic carbocycles. The third-order valence-electron chi connectivity index (χ3n) is 4.47. The van der Waals surface area contributed by atoms with E-state index in [9.17, 15) is 18.0 Å². The van der Waals surface area contributed by atoms with Crippen LogP contribution in [0.15, 0.2) is 47.8 Å². The minimum atomic E-state index is -4.38. The predicted octanol–water partition coefficient (Wildman–Crippen LogP) is 5.05. The lowest BCUT2D eigenvalue weighted by atomic mass is 10.1. The number of carbonyl (C=O) groups is 1. The monoisotopic (exact) mass is 436 g/mol. The lowest BCUT2D eigenvalue weighted by Crippen LogP contribution is -2.27. The number of benzene rings is 2. The van der Waals surface area contributed by atoms with Crippen LogP contribution in [0.3, 0.4) is 0 Å². The Bertz CT molecular complexity index is 1030. The van der Waals surface area contributed by atoms with Gasteiger partial charge in [-0.25, -0.2) is 4.98 Å². The van der Waals surface area contributed by atoms with Gasteiger partial charge in [0.1, 0.15) is 5.01 Å². The summed E-state index contributed by atoms with van der Waals surface area (Å²) in [5.74, 6) is 0.877. The SMILES string of the molecule is COc1ccc(N(C)C(=O)Cc2csc(-c3ccc(C(F)(F)F)cc3)n2)cc1OC. The van der Waals surface area contributed by atoms with Crippen molar-refractivity contribution in [3.05, 3.63) is 59.1 Å². The molecule has 0 aliphatic rings. The maximum atomic E-state index is 12.7. The first-order chi connectivity index (χ1) is 14.2. The predicted molar refractivity (Wildman–Crippen MR) is 109 cm³/mol. The Balaban J connectivity index is 1.71. The fourth-order valence-electron chi connectivity index (χ4n) is 2.77. The van der Waals surface area contributed by atoms with Crippen LogP contribution in [0.25, 0.3) is 10.6 Å². The van der Waals surface area contributed by atoms with Crippen molar-refractivity contribution in [2.75, 3.05) is 26.2 Å². The number of ether oxygens (including phenoxy) is 2. The molecular formula is C21H19F3N2O3S. The van der Waals surface area contributed by atoms with Gasteiger partial charge in [-0.2, -0.15) is 13.2 Å². The van der Waals surface area contributed by atoms with Gasteiger partial charge in [-0.15, -0.1) is 11.3 Å². The van der Waals surface area contributed by atoms with Gasteiger partial charge in [-0.1, -0.05) is 12.1 Å². The zero-order valence-corrected chi connectivity index (χ0v) is 17.3. The van der Waals surface area contributed by atoms with E-state index in [1.165, 1.54) is 42.6 Å². The molecule has 1 aromatic heterocycles. The van der Waals surface area contributed by atoms with Gasteiger partial charge in [0.05, 0.1) is 31.9 Å². The van der Waals surface area contributed by atoms with Gasteiger partial charge in [0.15, 0.2) is 11.5 Å². The number of aromatic nitrogens is 1. The molecule has 0 unspecified atom stereocenters.